The van der Waals surface area contributed by atoms with E-state index in [1.165, 1.54) is 4.90 Å². The minimum Gasteiger partial charge on any atom is -0.465 e. The molecule has 2 rings (SSSR count). The lowest BCUT2D eigenvalue weighted by Crippen LogP contribution is -2.49. The summed E-state index contributed by atoms with van der Waals surface area (Å²) in [6.07, 6.45) is -5.36. The van der Waals surface area contributed by atoms with Crippen LogP contribution in [0.15, 0.2) is 24.3 Å². The van der Waals surface area contributed by atoms with Crippen molar-refractivity contribution in [1.29, 1.82) is 0 Å². The molecule has 1 fully saturated rings. The van der Waals surface area contributed by atoms with E-state index in [2.05, 4.69) is 5.32 Å². The lowest BCUT2D eigenvalue weighted by Gasteiger charge is -2.32. The Morgan fingerprint density at radius 1 is 1.08 bits per heavy atom. The van der Waals surface area contributed by atoms with Crippen LogP contribution in [0.3, 0.4) is 0 Å². The molecule has 2 N–H and O–H groups in total. The van der Waals surface area contributed by atoms with Gasteiger partial charge >= 0.3 is 12.3 Å². The first-order chi connectivity index (χ1) is 11.3. The van der Waals surface area contributed by atoms with Crippen molar-refractivity contribution >= 4 is 12.0 Å². The number of rotatable bonds is 4. The number of nitrogens with zero attached hydrogens (tertiary/aromatic N) is 2. The van der Waals surface area contributed by atoms with E-state index >= 15 is 0 Å². The van der Waals surface area contributed by atoms with Gasteiger partial charge in [0.25, 0.3) is 5.91 Å². The highest BCUT2D eigenvalue weighted by atomic mass is 19.4. The van der Waals surface area contributed by atoms with Crippen molar-refractivity contribution in [3.63, 3.8) is 0 Å². The lowest BCUT2D eigenvalue weighted by molar-refractivity contribution is -0.137. The highest BCUT2D eigenvalue weighted by Gasteiger charge is 2.30. The molecule has 1 heterocycles. The minimum absolute atomic E-state index is 0.165. The van der Waals surface area contributed by atoms with Crippen LogP contribution in [0.2, 0.25) is 0 Å². The average Bonchev–Trinajstić information content (AvgIpc) is 2.54. The maximum absolute atomic E-state index is 12.5. The fraction of sp³-hybridized carbons (Fsp3) is 0.467. The number of amides is 2. The molecule has 0 spiro atoms. The minimum atomic E-state index is -4.42. The van der Waals surface area contributed by atoms with E-state index in [1.54, 1.807) is 0 Å². The monoisotopic (exact) mass is 345 g/mol. The molecule has 1 aliphatic rings. The molecule has 1 saturated heterocycles. The van der Waals surface area contributed by atoms with Crippen LogP contribution in [0.25, 0.3) is 0 Å². The third-order valence-corrected chi connectivity index (χ3v) is 3.83. The largest absolute Gasteiger partial charge is 0.465 e. The zero-order valence-corrected chi connectivity index (χ0v) is 12.8. The fourth-order valence-electron chi connectivity index (χ4n) is 2.40. The number of carboxylic acid groups (broad SMARTS) is 1. The molecular formula is C15H18F3N3O3. The molecule has 0 unspecified atom stereocenters. The molecule has 2 amide bonds. The zero-order valence-electron chi connectivity index (χ0n) is 12.8. The molecular weight excluding hydrogens is 327 g/mol. The lowest BCUT2D eigenvalue weighted by atomic mass is 10.1. The van der Waals surface area contributed by atoms with Crippen LogP contribution in [0.1, 0.15) is 15.9 Å². The summed E-state index contributed by atoms with van der Waals surface area (Å²) in [6.45, 7) is 2.90. The molecule has 1 aliphatic heterocycles. The van der Waals surface area contributed by atoms with Crippen LogP contribution in [0.4, 0.5) is 18.0 Å². The number of alkyl halides is 3. The second kappa shape index (κ2) is 7.52. The van der Waals surface area contributed by atoms with E-state index in [9.17, 15) is 22.8 Å². The highest BCUT2D eigenvalue weighted by molar-refractivity contribution is 5.94. The molecule has 6 nitrogen and oxygen atoms in total. The van der Waals surface area contributed by atoms with E-state index in [-0.39, 0.29) is 5.56 Å². The molecule has 0 aliphatic carbocycles. The summed E-state index contributed by atoms with van der Waals surface area (Å²) < 4.78 is 37.4. The second-order valence-corrected chi connectivity index (χ2v) is 5.44. The van der Waals surface area contributed by atoms with Crippen LogP contribution in [0.5, 0.6) is 0 Å². The number of halogens is 3. The fourth-order valence-corrected chi connectivity index (χ4v) is 2.40. The summed E-state index contributed by atoms with van der Waals surface area (Å²) in [6, 6.07) is 4.04. The summed E-state index contributed by atoms with van der Waals surface area (Å²) in [4.78, 5) is 26.0. The number of piperazine rings is 1. The molecule has 1 aromatic carbocycles. The first-order valence-corrected chi connectivity index (χ1v) is 7.43. The number of carbonyl (C=O) groups is 2. The van der Waals surface area contributed by atoms with Gasteiger partial charge in [-0.25, -0.2) is 4.79 Å². The van der Waals surface area contributed by atoms with Gasteiger partial charge in [0, 0.05) is 44.8 Å². The Balaban J connectivity index is 1.75. The van der Waals surface area contributed by atoms with Gasteiger partial charge in [-0.05, 0) is 24.3 Å². The van der Waals surface area contributed by atoms with Crippen LogP contribution >= 0.6 is 0 Å². The van der Waals surface area contributed by atoms with Gasteiger partial charge in [-0.3, -0.25) is 9.69 Å². The smallest absolute Gasteiger partial charge is 0.416 e. The maximum atomic E-state index is 12.5. The van der Waals surface area contributed by atoms with Crippen molar-refractivity contribution in [2.24, 2.45) is 0 Å². The molecule has 0 bridgehead atoms. The van der Waals surface area contributed by atoms with Gasteiger partial charge in [0.15, 0.2) is 0 Å². The summed E-state index contributed by atoms with van der Waals surface area (Å²) in [5, 5.41) is 11.5. The van der Waals surface area contributed by atoms with E-state index in [0.717, 1.165) is 24.3 Å². The predicted octanol–water partition coefficient (Wildman–Crippen LogP) is 1.73. The van der Waals surface area contributed by atoms with Gasteiger partial charge in [-0.1, -0.05) is 0 Å². The summed E-state index contributed by atoms with van der Waals surface area (Å²) in [5.74, 6) is -0.437. The molecule has 0 radical (unpaired) electrons. The van der Waals surface area contributed by atoms with Crippen molar-refractivity contribution in [1.82, 2.24) is 15.1 Å². The van der Waals surface area contributed by atoms with E-state index in [0.29, 0.717) is 39.3 Å². The summed E-state index contributed by atoms with van der Waals surface area (Å²) in [7, 11) is 0. The molecule has 0 atom stereocenters. The zero-order chi connectivity index (χ0) is 17.7. The Morgan fingerprint density at radius 3 is 2.17 bits per heavy atom. The molecule has 1 aromatic rings. The molecule has 24 heavy (non-hydrogen) atoms. The van der Waals surface area contributed by atoms with Crippen molar-refractivity contribution in [2.75, 3.05) is 39.3 Å². The summed E-state index contributed by atoms with van der Waals surface area (Å²) in [5.41, 5.74) is -0.631. The molecule has 9 heteroatoms. The number of hydrogen-bond acceptors (Lipinski definition) is 3. The SMILES string of the molecule is O=C(NCCN1CCN(C(=O)O)CC1)c1ccc(C(F)(F)F)cc1. The van der Waals surface area contributed by atoms with Crippen molar-refractivity contribution in [3.8, 4) is 0 Å². The van der Waals surface area contributed by atoms with Crippen LogP contribution in [-0.2, 0) is 6.18 Å². The Labute approximate surface area is 136 Å². The van der Waals surface area contributed by atoms with Crippen molar-refractivity contribution in [3.05, 3.63) is 35.4 Å². The van der Waals surface area contributed by atoms with Gasteiger partial charge in [-0.2, -0.15) is 13.2 Å². The van der Waals surface area contributed by atoms with Crippen LogP contribution in [-0.4, -0.2) is 66.2 Å². The van der Waals surface area contributed by atoms with Gasteiger partial charge in [-0.15, -0.1) is 0 Å². The standard InChI is InChI=1S/C15H18F3N3O3/c16-15(17,18)12-3-1-11(2-4-12)13(22)19-5-6-20-7-9-21(10-8-20)14(23)24/h1-4H,5-10H2,(H,19,22)(H,23,24). The van der Waals surface area contributed by atoms with Crippen molar-refractivity contribution in [2.45, 2.75) is 6.18 Å². The Bertz CT molecular complexity index is 582. The Kier molecular flexibility index (Phi) is 5.66. The number of carbonyl (C=O) groups excluding carboxylic acids is 1. The van der Waals surface area contributed by atoms with E-state index in [4.69, 9.17) is 5.11 Å². The van der Waals surface area contributed by atoms with E-state index < -0.39 is 23.7 Å². The third kappa shape index (κ3) is 4.85. The van der Waals surface area contributed by atoms with Crippen molar-refractivity contribution < 1.29 is 27.9 Å². The topological polar surface area (TPSA) is 72.9 Å². The Morgan fingerprint density at radius 2 is 1.67 bits per heavy atom. The first kappa shape index (κ1) is 18.1. The molecule has 0 saturated carbocycles. The normalized spacial score (nSPS) is 16.0. The van der Waals surface area contributed by atoms with Gasteiger partial charge in [0.05, 0.1) is 5.56 Å². The number of hydrogen-bond donors (Lipinski definition) is 2. The predicted molar refractivity (Wildman–Crippen MR) is 79.8 cm³/mol. The first-order valence-electron chi connectivity index (χ1n) is 7.43. The van der Waals surface area contributed by atoms with Gasteiger partial charge in [0.1, 0.15) is 0 Å². The van der Waals surface area contributed by atoms with Gasteiger partial charge in [0.2, 0.25) is 0 Å². The maximum Gasteiger partial charge on any atom is 0.416 e. The third-order valence-electron chi connectivity index (χ3n) is 3.83. The quantitative estimate of drug-likeness (QED) is 0.872. The Hall–Kier alpha value is -2.29. The second-order valence-electron chi connectivity index (χ2n) is 5.44. The van der Waals surface area contributed by atoms with E-state index in [1.807, 2.05) is 4.90 Å². The van der Waals surface area contributed by atoms with Gasteiger partial charge < -0.3 is 15.3 Å². The highest BCUT2D eigenvalue weighted by Crippen LogP contribution is 2.29. The number of benzene rings is 1. The molecule has 132 valence electrons. The van der Waals surface area contributed by atoms with Crippen LogP contribution < -0.4 is 5.32 Å². The summed E-state index contributed by atoms with van der Waals surface area (Å²) >= 11 is 0. The molecule has 0 aromatic heterocycles. The van der Waals surface area contributed by atoms with Crippen LogP contribution in [0, 0.1) is 0 Å². The average molecular weight is 345 g/mol. The number of nitrogens with one attached hydrogen (secondary N) is 1.